The minimum atomic E-state index is -0.685. The number of aromatic nitrogens is 2. The Balaban J connectivity index is 1.62. The average molecular weight is 390 g/mol. The summed E-state index contributed by atoms with van der Waals surface area (Å²) in [5.74, 6) is 0.584. The highest BCUT2D eigenvalue weighted by Crippen LogP contribution is 2.46. The number of carbonyl (C=O) groups is 1. The Bertz CT molecular complexity index is 1010. The van der Waals surface area contributed by atoms with E-state index < -0.39 is 5.41 Å². The zero-order chi connectivity index (χ0) is 20.6. The fraction of sp³-hybridized carbons (Fsp3) is 0.348. The smallest absolute Gasteiger partial charge is 0.237 e. The number of pyridine rings is 2. The number of fused-ring (bicyclic) bond motifs is 3. The molecule has 0 radical (unpaired) electrons. The summed E-state index contributed by atoms with van der Waals surface area (Å²) in [4.78, 5) is 24.2. The zero-order valence-electron chi connectivity index (χ0n) is 16.9. The van der Waals surface area contributed by atoms with E-state index in [9.17, 15) is 9.90 Å². The molecule has 6 heteroatoms. The first-order chi connectivity index (χ1) is 13.9. The quantitative estimate of drug-likeness (QED) is 0.740. The van der Waals surface area contributed by atoms with Crippen LogP contribution in [0.3, 0.4) is 0 Å². The van der Waals surface area contributed by atoms with Crippen molar-refractivity contribution in [2.24, 2.45) is 0 Å². The van der Waals surface area contributed by atoms with E-state index in [-0.39, 0.29) is 11.7 Å². The van der Waals surface area contributed by atoms with E-state index in [1.807, 2.05) is 6.07 Å². The lowest BCUT2D eigenvalue weighted by atomic mass is 9.79. The van der Waals surface area contributed by atoms with Gasteiger partial charge in [-0.2, -0.15) is 0 Å². The molecule has 3 heterocycles. The van der Waals surface area contributed by atoms with Crippen molar-refractivity contribution in [3.05, 3.63) is 65.1 Å². The summed E-state index contributed by atoms with van der Waals surface area (Å²) in [6, 6.07) is 3.94. The Labute approximate surface area is 171 Å². The molecule has 0 saturated heterocycles. The number of nitrogens with one attached hydrogen (secondary N) is 1. The highest BCUT2D eigenvalue weighted by Gasteiger charge is 2.51. The molecule has 0 fully saturated rings. The van der Waals surface area contributed by atoms with Crippen LogP contribution in [0, 0.1) is 0 Å². The lowest BCUT2D eigenvalue weighted by molar-refractivity contribution is -0.120. The van der Waals surface area contributed by atoms with Crippen molar-refractivity contribution in [3.63, 3.8) is 0 Å². The van der Waals surface area contributed by atoms with Crippen molar-refractivity contribution in [2.45, 2.75) is 31.6 Å². The molecule has 2 aliphatic rings. The van der Waals surface area contributed by atoms with Crippen molar-refractivity contribution in [1.29, 1.82) is 0 Å². The lowest BCUT2D eigenvalue weighted by Gasteiger charge is -2.20. The average Bonchev–Trinajstić information content (AvgIpc) is 3.20. The number of hydrogen-bond acceptors (Lipinski definition) is 5. The number of rotatable bonds is 6. The Kier molecular flexibility index (Phi) is 4.96. The topological polar surface area (TPSA) is 78.4 Å². The zero-order valence-corrected chi connectivity index (χ0v) is 16.9. The van der Waals surface area contributed by atoms with E-state index in [0.29, 0.717) is 24.2 Å². The van der Waals surface area contributed by atoms with E-state index in [1.54, 1.807) is 12.4 Å². The minimum Gasteiger partial charge on any atom is -0.508 e. The molecular formula is C23H26N4O2. The van der Waals surface area contributed by atoms with Crippen molar-refractivity contribution in [3.8, 4) is 0 Å². The second-order valence-corrected chi connectivity index (χ2v) is 8.00. The van der Waals surface area contributed by atoms with Crippen molar-refractivity contribution in [1.82, 2.24) is 14.9 Å². The van der Waals surface area contributed by atoms with E-state index in [0.717, 1.165) is 41.9 Å². The van der Waals surface area contributed by atoms with Gasteiger partial charge in [0.2, 0.25) is 5.91 Å². The molecule has 1 aliphatic carbocycles. The van der Waals surface area contributed by atoms with Crippen LogP contribution in [0.25, 0.3) is 11.8 Å². The van der Waals surface area contributed by atoms with Crippen molar-refractivity contribution < 1.29 is 9.90 Å². The van der Waals surface area contributed by atoms with Gasteiger partial charge in [0, 0.05) is 42.2 Å². The molecule has 1 atom stereocenters. The Morgan fingerprint density at radius 2 is 2.17 bits per heavy atom. The minimum absolute atomic E-state index is 0.0142. The number of carbonyl (C=O) groups excluding carboxylic acids is 1. The summed E-state index contributed by atoms with van der Waals surface area (Å²) in [6.45, 7) is 7.67. The SMILES string of the molecule is C=C(O)c1cnc2c(c1)C[C@@]1(C2)C(=O)Nc2ncc(/C=C/CN(C)CCC)cc21. The molecule has 2 N–H and O–H groups in total. The normalized spacial score (nSPS) is 19.8. The maximum atomic E-state index is 13.0. The van der Waals surface area contributed by atoms with Crippen molar-refractivity contribution in [2.75, 3.05) is 25.5 Å². The van der Waals surface area contributed by atoms with E-state index >= 15 is 0 Å². The predicted octanol–water partition coefficient (Wildman–Crippen LogP) is 3.35. The van der Waals surface area contributed by atoms with Crippen LogP contribution < -0.4 is 5.32 Å². The van der Waals surface area contributed by atoms with Crippen LogP contribution in [-0.4, -0.2) is 46.0 Å². The molecule has 6 nitrogen and oxygen atoms in total. The summed E-state index contributed by atoms with van der Waals surface area (Å²) < 4.78 is 0. The van der Waals surface area contributed by atoms with Crippen LogP contribution in [0.1, 0.15) is 41.3 Å². The molecule has 1 spiro atoms. The first kappa shape index (κ1) is 19.3. The number of amides is 1. The van der Waals surface area contributed by atoms with Gasteiger partial charge in [-0.15, -0.1) is 0 Å². The fourth-order valence-electron chi connectivity index (χ4n) is 4.26. The number of aliphatic hydroxyl groups is 1. The number of hydrogen-bond donors (Lipinski definition) is 2. The maximum absolute atomic E-state index is 13.0. The monoisotopic (exact) mass is 390 g/mol. The summed E-state index contributed by atoms with van der Waals surface area (Å²) in [5.41, 5.74) is 3.68. The predicted molar refractivity (Wildman–Crippen MR) is 115 cm³/mol. The molecule has 1 amide bonds. The van der Waals surface area contributed by atoms with Crippen LogP contribution in [0.2, 0.25) is 0 Å². The molecule has 1 aliphatic heterocycles. The van der Waals surface area contributed by atoms with Gasteiger partial charge in [-0.1, -0.05) is 25.7 Å². The van der Waals surface area contributed by atoms with Gasteiger partial charge in [0.1, 0.15) is 11.6 Å². The standard InChI is InChI=1S/C23H26N4O2/c1-4-7-27(3)8-5-6-16-9-19-21(25-13-16)26-22(29)23(19)11-17-10-18(15(2)28)14-24-20(17)12-23/h5-6,9-10,13-14,28H,2,4,7-8,11-12H2,1,3H3,(H,25,26,29)/b6-5+/t23-/m0/s1. The van der Waals surface area contributed by atoms with Crippen LogP contribution in [0.5, 0.6) is 0 Å². The Hall–Kier alpha value is -2.99. The van der Waals surface area contributed by atoms with Gasteiger partial charge in [0.05, 0.1) is 5.41 Å². The number of likely N-dealkylation sites (N-methyl/N-ethyl adjacent to an activating group) is 1. The molecule has 0 aromatic carbocycles. The molecular weight excluding hydrogens is 364 g/mol. The largest absolute Gasteiger partial charge is 0.508 e. The van der Waals surface area contributed by atoms with E-state index in [2.05, 4.69) is 59.0 Å². The van der Waals surface area contributed by atoms with Crippen LogP contribution >= 0.6 is 0 Å². The van der Waals surface area contributed by atoms with E-state index in [4.69, 9.17) is 0 Å². The van der Waals surface area contributed by atoms with Gasteiger partial charge in [0.25, 0.3) is 0 Å². The fourth-order valence-corrected chi connectivity index (χ4v) is 4.26. The van der Waals surface area contributed by atoms with Gasteiger partial charge in [-0.05, 0) is 49.7 Å². The van der Waals surface area contributed by atoms with Crippen LogP contribution in [0.15, 0.2) is 37.2 Å². The van der Waals surface area contributed by atoms with Gasteiger partial charge in [-0.3, -0.25) is 9.78 Å². The third-order valence-electron chi connectivity index (χ3n) is 5.78. The number of nitrogens with zero attached hydrogens (tertiary/aromatic N) is 3. The molecule has 4 rings (SSSR count). The van der Waals surface area contributed by atoms with Gasteiger partial charge in [-0.25, -0.2) is 4.98 Å². The summed E-state index contributed by atoms with van der Waals surface area (Å²) in [7, 11) is 2.10. The second-order valence-electron chi connectivity index (χ2n) is 8.00. The van der Waals surface area contributed by atoms with Gasteiger partial charge < -0.3 is 15.3 Å². The molecule has 2 aromatic rings. The maximum Gasteiger partial charge on any atom is 0.237 e. The molecule has 0 saturated carbocycles. The molecule has 0 bridgehead atoms. The van der Waals surface area contributed by atoms with Crippen LogP contribution in [-0.2, 0) is 23.1 Å². The summed E-state index contributed by atoms with van der Waals surface area (Å²) in [6.07, 6.45) is 9.79. The first-order valence-corrected chi connectivity index (χ1v) is 9.96. The highest BCUT2D eigenvalue weighted by atomic mass is 16.3. The Morgan fingerprint density at radius 3 is 2.93 bits per heavy atom. The third kappa shape index (κ3) is 3.44. The molecule has 0 unspecified atom stereocenters. The molecule has 29 heavy (non-hydrogen) atoms. The highest BCUT2D eigenvalue weighted by molar-refractivity contribution is 6.06. The summed E-state index contributed by atoms with van der Waals surface area (Å²) >= 11 is 0. The number of aliphatic hydroxyl groups excluding tert-OH is 1. The molecule has 150 valence electrons. The first-order valence-electron chi connectivity index (χ1n) is 9.96. The summed E-state index contributed by atoms with van der Waals surface area (Å²) in [5, 5.41) is 12.6. The number of anilines is 1. The van der Waals surface area contributed by atoms with Crippen molar-refractivity contribution >= 4 is 23.6 Å². The van der Waals surface area contributed by atoms with Crippen LogP contribution in [0.4, 0.5) is 5.82 Å². The van der Waals surface area contributed by atoms with E-state index in [1.165, 1.54) is 0 Å². The third-order valence-corrected chi connectivity index (χ3v) is 5.78. The van der Waals surface area contributed by atoms with Gasteiger partial charge in [0.15, 0.2) is 0 Å². The second kappa shape index (κ2) is 7.44. The molecule has 2 aromatic heterocycles. The lowest BCUT2D eigenvalue weighted by Crippen LogP contribution is -2.35. The van der Waals surface area contributed by atoms with Gasteiger partial charge >= 0.3 is 0 Å². The Morgan fingerprint density at radius 1 is 1.34 bits per heavy atom.